The quantitative estimate of drug-likeness (QED) is 0.624. The Labute approximate surface area is 196 Å². The van der Waals surface area contributed by atoms with E-state index in [2.05, 4.69) is 39.8 Å². The fourth-order valence-electron chi connectivity index (χ4n) is 4.13. The van der Waals surface area contributed by atoms with Crippen LogP contribution < -0.4 is 0 Å². The Morgan fingerprint density at radius 1 is 0.969 bits per heavy atom. The summed E-state index contributed by atoms with van der Waals surface area (Å²) in [6.07, 6.45) is 1.19. The summed E-state index contributed by atoms with van der Waals surface area (Å²) in [6, 6.07) is 17.4. The molecule has 0 aliphatic carbocycles. The molecule has 0 radical (unpaired) electrons. The molecule has 5 nitrogen and oxygen atoms in total. The SMILES string of the molecule is CCSC1=NC2(CCN(S(=O)(=O)c3ccc(C(C)(C)C)cc3)CC2)N=C1c1ccccc1. The van der Waals surface area contributed by atoms with Crippen molar-refractivity contribution in [1.29, 1.82) is 0 Å². The molecule has 1 spiro atoms. The van der Waals surface area contributed by atoms with Crippen molar-refractivity contribution in [3.05, 3.63) is 65.7 Å². The van der Waals surface area contributed by atoms with Gasteiger partial charge in [0.1, 0.15) is 5.04 Å². The van der Waals surface area contributed by atoms with Crippen LogP contribution >= 0.6 is 11.8 Å². The highest BCUT2D eigenvalue weighted by atomic mass is 32.2. The van der Waals surface area contributed by atoms with Gasteiger partial charge in [-0.25, -0.2) is 13.4 Å². The van der Waals surface area contributed by atoms with Crippen LogP contribution in [0.4, 0.5) is 0 Å². The van der Waals surface area contributed by atoms with Crippen LogP contribution in [0.2, 0.25) is 0 Å². The van der Waals surface area contributed by atoms with Gasteiger partial charge in [0.25, 0.3) is 0 Å². The van der Waals surface area contributed by atoms with Crippen LogP contribution in [-0.4, -0.2) is 48.0 Å². The van der Waals surface area contributed by atoms with Crippen molar-refractivity contribution < 1.29 is 8.42 Å². The van der Waals surface area contributed by atoms with E-state index in [4.69, 9.17) is 9.98 Å². The lowest BCUT2D eigenvalue weighted by Gasteiger charge is -2.34. The molecule has 0 unspecified atom stereocenters. The van der Waals surface area contributed by atoms with Crippen molar-refractivity contribution in [2.24, 2.45) is 9.98 Å². The van der Waals surface area contributed by atoms with E-state index >= 15 is 0 Å². The fraction of sp³-hybridized carbons (Fsp3) is 0.440. The molecule has 170 valence electrons. The first-order valence-electron chi connectivity index (χ1n) is 11.1. The number of sulfonamides is 1. The van der Waals surface area contributed by atoms with Gasteiger partial charge >= 0.3 is 0 Å². The van der Waals surface area contributed by atoms with E-state index in [1.54, 1.807) is 28.2 Å². The standard InChI is InChI=1S/C25H31N3O2S2/c1-5-31-23-22(19-9-7-6-8-10-19)26-25(27-23)15-17-28(18-16-25)32(29,30)21-13-11-20(12-14-21)24(2,3)4/h6-14H,5,15-18H2,1-4H3. The molecule has 2 aromatic rings. The average Bonchev–Trinajstić information content (AvgIpc) is 3.12. The molecule has 1 fully saturated rings. The number of piperidine rings is 1. The maximum atomic E-state index is 13.3. The number of nitrogens with zero attached hydrogens (tertiary/aromatic N) is 3. The summed E-state index contributed by atoms with van der Waals surface area (Å²) in [7, 11) is -3.53. The second-order valence-electron chi connectivity index (χ2n) is 9.34. The van der Waals surface area contributed by atoms with E-state index in [0.717, 1.165) is 27.6 Å². The zero-order chi connectivity index (χ0) is 23.0. The zero-order valence-electron chi connectivity index (χ0n) is 19.2. The molecule has 1 saturated heterocycles. The molecule has 0 aromatic heterocycles. The van der Waals surface area contributed by atoms with Gasteiger partial charge in [0.05, 0.1) is 10.6 Å². The molecule has 2 heterocycles. The lowest BCUT2D eigenvalue weighted by atomic mass is 9.87. The first-order valence-corrected chi connectivity index (χ1v) is 13.6. The van der Waals surface area contributed by atoms with Crippen LogP contribution in [0.15, 0.2) is 69.5 Å². The second kappa shape index (κ2) is 8.76. The van der Waals surface area contributed by atoms with Gasteiger partial charge in [-0.1, -0.05) is 70.2 Å². The molecule has 2 aliphatic heterocycles. The average molecular weight is 470 g/mol. The molecule has 7 heteroatoms. The van der Waals surface area contributed by atoms with E-state index in [0.29, 0.717) is 30.8 Å². The minimum atomic E-state index is -3.53. The molecular weight excluding hydrogens is 438 g/mol. The number of hydrogen-bond donors (Lipinski definition) is 0. The monoisotopic (exact) mass is 469 g/mol. The van der Waals surface area contributed by atoms with Crippen molar-refractivity contribution in [2.75, 3.05) is 18.8 Å². The van der Waals surface area contributed by atoms with Crippen molar-refractivity contribution in [2.45, 2.75) is 56.5 Å². The summed E-state index contributed by atoms with van der Waals surface area (Å²) in [6.45, 7) is 9.32. The van der Waals surface area contributed by atoms with Gasteiger partial charge < -0.3 is 0 Å². The Kier molecular flexibility index (Phi) is 6.36. The Morgan fingerprint density at radius 3 is 2.16 bits per heavy atom. The fourth-order valence-corrected chi connectivity index (χ4v) is 6.38. The normalized spacial score (nSPS) is 19.1. The predicted octanol–water partition coefficient (Wildman–Crippen LogP) is 5.12. The van der Waals surface area contributed by atoms with Crippen LogP contribution in [0.5, 0.6) is 0 Å². The zero-order valence-corrected chi connectivity index (χ0v) is 20.8. The number of benzene rings is 2. The minimum Gasteiger partial charge on any atom is -0.252 e. The van der Waals surface area contributed by atoms with Crippen LogP contribution in [0.25, 0.3) is 0 Å². The summed E-state index contributed by atoms with van der Waals surface area (Å²) in [5.41, 5.74) is 2.57. The molecule has 0 atom stereocenters. The Hall–Kier alpha value is -1.96. The van der Waals surface area contributed by atoms with Gasteiger partial charge in [-0.2, -0.15) is 4.31 Å². The maximum Gasteiger partial charge on any atom is 0.243 e. The van der Waals surface area contributed by atoms with Crippen LogP contribution in [-0.2, 0) is 15.4 Å². The molecule has 32 heavy (non-hydrogen) atoms. The van der Waals surface area contributed by atoms with Crippen molar-refractivity contribution >= 4 is 32.5 Å². The van der Waals surface area contributed by atoms with E-state index in [1.165, 1.54) is 0 Å². The summed E-state index contributed by atoms with van der Waals surface area (Å²) in [5, 5.41) is 0.966. The Morgan fingerprint density at radius 2 is 1.59 bits per heavy atom. The summed E-state index contributed by atoms with van der Waals surface area (Å²) in [4.78, 5) is 10.4. The van der Waals surface area contributed by atoms with Crippen LogP contribution in [0.3, 0.4) is 0 Å². The molecular formula is C25H31N3O2S2. The highest BCUT2D eigenvalue weighted by Crippen LogP contribution is 2.37. The Bertz CT molecular complexity index is 1120. The third-order valence-electron chi connectivity index (χ3n) is 6.04. The van der Waals surface area contributed by atoms with E-state index < -0.39 is 15.7 Å². The minimum absolute atomic E-state index is 0.0110. The number of aliphatic imine (C=N–C) groups is 2. The largest absolute Gasteiger partial charge is 0.252 e. The van der Waals surface area contributed by atoms with Crippen molar-refractivity contribution in [1.82, 2.24) is 4.31 Å². The summed E-state index contributed by atoms with van der Waals surface area (Å²) < 4.78 is 28.1. The smallest absolute Gasteiger partial charge is 0.243 e. The molecule has 4 rings (SSSR count). The highest BCUT2D eigenvalue weighted by molar-refractivity contribution is 8.15. The number of hydrogen-bond acceptors (Lipinski definition) is 5. The van der Waals surface area contributed by atoms with E-state index in [-0.39, 0.29) is 5.41 Å². The van der Waals surface area contributed by atoms with Crippen molar-refractivity contribution in [3.8, 4) is 0 Å². The van der Waals surface area contributed by atoms with Gasteiger partial charge in [-0.15, -0.1) is 11.8 Å². The number of rotatable bonds is 4. The summed E-state index contributed by atoms with van der Waals surface area (Å²) >= 11 is 1.70. The van der Waals surface area contributed by atoms with Gasteiger partial charge in [0, 0.05) is 31.5 Å². The topological polar surface area (TPSA) is 62.1 Å². The van der Waals surface area contributed by atoms with Crippen LogP contribution in [0.1, 0.15) is 51.7 Å². The van der Waals surface area contributed by atoms with E-state index in [1.807, 2.05) is 30.3 Å². The molecule has 0 bridgehead atoms. The first-order chi connectivity index (χ1) is 15.1. The van der Waals surface area contributed by atoms with Gasteiger partial charge in [0.2, 0.25) is 10.0 Å². The third-order valence-corrected chi connectivity index (χ3v) is 8.80. The molecule has 0 amide bonds. The molecule has 2 aromatic carbocycles. The van der Waals surface area contributed by atoms with Crippen LogP contribution in [0, 0.1) is 0 Å². The lowest BCUT2D eigenvalue weighted by Crippen LogP contribution is -2.44. The molecule has 2 aliphatic rings. The number of thioether (sulfide) groups is 1. The van der Waals surface area contributed by atoms with E-state index in [9.17, 15) is 8.42 Å². The lowest BCUT2D eigenvalue weighted by molar-refractivity contribution is 0.249. The predicted molar refractivity (Wildman–Crippen MR) is 134 cm³/mol. The highest BCUT2D eigenvalue weighted by Gasteiger charge is 2.42. The third kappa shape index (κ3) is 4.56. The Balaban J connectivity index is 1.54. The van der Waals surface area contributed by atoms with Gasteiger partial charge in [0.15, 0.2) is 5.66 Å². The maximum absolute atomic E-state index is 13.3. The van der Waals surface area contributed by atoms with Crippen molar-refractivity contribution in [3.63, 3.8) is 0 Å². The first kappa shape index (κ1) is 23.2. The summed E-state index contributed by atoms with van der Waals surface area (Å²) in [5.74, 6) is 0.922. The van der Waals surface area contributed by atoms with Gasteiger partial charge in [-0.3, -0.25) is 4.99 Å². The molecule has 0 N–H and O–H groups in total. The second-order valence-corrected chi connectivity index (χ2v) is 12.5. The molecule has 0 saturated carbocycles. The van der Waals surface area contributed by atoms with Gasteiger partial charge in [-0.05, 0) is 28.9 Å².